The molecule has 0 amide bonds. The zero-order chi connectivity index (χ0) is 19.2. The summed E-state index contributed by atoms with van der Waals surface area (Å²) in [5.41, 5.74) is -2.66. The summed E-state index contributed by atoms with van der Waals surface area (Å²) in [6.07, 6.45) is -6.46. The van der Waals surface area contributed by atoms with E-state index in [-0.39, 0.29) is 16.6 Å². The Balaban J connectivity index is 2.34. The summed E-state index contributed by atoms with van der Waals surface area (Å²) in [6, 6.07) is 12.4. The highest BCUT2D eigenvalue weighted by Crippen LogP contribution is 2.52. The number of nitrogens with zero attached hydrogens (tertiary/aromatic N) is 2. The van der Waals surface area contributed by atoms with Crippen molar-refractivity contribution >= 4 is 11.0 Å². The fraction of sp³-hybridized carbons (Fsp3) is 0.176. The van der Waals surface area contributed by atoms with Crippen molar-refractivity contribution in [2.75, 3.05) is 0 Å². The summed E-state index contributed by atoms with van der Waals surface area (Å²) < 4.78 is 93.5. The van der Waals surface area contributed by atoms with Crippen LogP contribution in [0.1, 0.15) is 5.69 Å². The lowest BCUT2D eigenvalue weighted by atomic mass is 10.0. The molecule has 1 aromatic heterocycles. The first kappa shape index (κ1) is 18.1. The molecule has 0 radical (unpaired) electrons. The summed E-state index contributed by atoms with van der Waals surface area (Å²) in [6.45, 7) is 0. The minimum Gasteiger partial charge on any atom is -0.244 e. The van der Waals surface area contributed by atoms with Gasteiger partial charge in [0, 0.05) is 5.56 Å². The molecule has 0 bridgehead atoms. The van der Waals surface area contributed by atoms with E-state index in [1.807, 2.05) is 0 Å². The van der Waals surface area contributed by atoms with Gasteiger partial charge in [0.25, 0.3) is 0 Å². The third kappa shape index (κ3) is 2.77. The fourth-order valence-electron chi connectivity index (χ4n) is 2.34. The summed E-state index contributed by atoms with van der Waals surface area (Å²) >= 11 is 0. The van der Waals surface area contributed by atoms with Crippen LogP contribution in [0.25, 0.3) is 22.3 Å². The van der Waals surface area contributed by atoms with Gasteiger partial charge in [0.05, 0.1) is 16.7 Å². The van der Waals surface area contributed by atoms with Crippen LogP contribution >= 0.6 is 0 Å². The average molecular weight is 374 g/mol. The van der Waals surface area contributed by atoms with E-state index < -0.39 is 29.4 Å². The molecule has 0 aliphatic rings. The van der Waals surface area contributed by atoms with Crippen molar-refractivity contribution in [1.82, 2.24) is 9.97 Å². The van der Waals surface area contributed by atoms with Crippen molar-refractivity contribution in [2.24, 2.45) is 0 Å². The first-order valence-corrected chi connectivity index (χ1v) is 7.21. The molecule has 9 heteroatoms. The number of para-hydroxylation sites is 2. The standard InChI is InChI=1S/C17H9F7N2/c18-15(19,16(20,21)17(22,23)24)14-13(10-6-2-1-3-7-10)25-11-8-4-5-9-12(11)26-14/h1-9H. The van der Waals surface area contributed by atoms with E-state index >= 15 is 0 Å². The van der Waals surface area contributed by atoms with E-state index in [9.17, 15) is 30.7 Å². The second-order valence-corrected chi connectivity index (χ2v) is 5.42. The van der Waals surface area contributed by atoms with Gasteiger partial charge in [0.1, 0.15) is 5.69 Å². The Morgan fingerprint density at radius 3 is 1.65 bits per heavy atom. The van der Waals surface area contributed by atoms with Crippen molar-refractivity contribution in [2.45, 2.75) is 18.0 Å². The highest BCUT2D eigenvalue weighted by molar-refractivity contribution is 5.78. The van der Waals surface area contributed by atoms with E-state index in [0.29, 0.717) is 0 Å². The summed E-state index contributed by atoms with van der Waals surface area (Å²) in [5, 5.41) is 0. The largest absolute Gasteiger partial charge is 0.460 e. The van der Waals surface area contributed by atoms with Gasteiger partial charge in [-0.3, -0.25) is 0 Å². The summed E-state index contributed by atoms with van der Waals surface area (Å²) in [4.78, 5) is 7.27. The van der Waals surface area contributed by atoms with E-state index in [1.54, 1.807) is 0 Å². The molecular weight excluding hydrogens is 365 g/mol. The molecule has 0 aliphatic heterocycles. The quantitative estimate of drug-likeness (QED) is 0.559. The summed E-state index contributed by atoms with van der Waals surface area (Å²) in [5.74, 6) is -11.9. The number of benzene rings is 2. The molecule has 2 nitrogen and oxygen atoms in total. The van der Waals surface area contributed by atoms with Crippen LogP contribution in [0.3, 0.4) is 0 Å². The number of fused-ring (bicyclic) bond motifs is 1. The molecule has 0 unspecified atom stereocenters. The molecular formula is C17H9F7N2. The monoisotopic (exact) mass is 374 g/mol. The van der Waals surface area contributed by atoms with Gasteiger partial charge in [-0.1, -0.05) is 42.5 Å². The number of hydrogen-bond acceptors (Lipinski definition) is 2. The van der Waals surface area contributed by atoms with E-state index in [2.05, 4.69) is 9.97 Å². The molecule has 1 heterocycles. The van der Waals surface area contributed by atoms with Crippen molar-refractivity contribution in [3.8, 4) is 11.3 Å². The first-order chi connectivity index (χ1) is 12.1. The Bertz CT molecular complexity index is 937. The number of alkyl halides is 7. The van der Waals surface area contributed by atoms with Crippen LogP contribution < -0.4 is 0 Å². The van der Waals surface area contributed by atoms with Gasteiger partial charge in [0.2, 0.25) is 0 Å². The maximum Gasteiger partial charge on any atom is 0.460 e. The van der Waals surface area contributed by atoms with E-state index in [4.69, 9.17) is 0 Å². The first-order valence-electron chi connectivity index (χ1n) is 7.21. The number of hydrogen-bond donors (Lipinski definition) is 0. The highest BCUT2D eigenvalue weighted by atomic mass is 19.4. The third-order valence-electron chi connectivity index (χ3n) is 3.67. The minimum absolute atomic E-state index is 0.0570. The van der Waals surface area contributed by atoms with Gasteiger partial charge in [-0.2, -0.15) is 30.7 Å². The maximum atomic E-state index is 14.3. The lowest BCUT2D eigenvalue weighted by Crippen LogP contribution is -2.50. The predicted octanol–water partition coefficient (Wildman–Crippen LogP) is 5.59. The van der Waals surface area contributed by atoms with Crippen LogP contribution in [-0.2, 0) is 5.92 Å². The normalized spacial score (nSPS) is 13.2. The van der Waals surface area contributed by atoms with Crippen LogP contribution in [0.15, 0.2) is 54.6 Å². The van der Waals surface area contributed by atoms with E-state index in [0.717, 1.165) is 0 Å². The molecule has 0 aliphatic carbocycles. The lowest BCUT2D eigenvalue weighted by Gasteiger charge is -2.28. The number of aromatic nitrogens is 2. The molecule has 26 heavy (non-hydrogen) atoms. The number of rotatable bonds is 3. The van der Waals surface area contributed by atoms with Gasteiger partial charge >= 0.3 is 18.0 Å². The summed E-state index contributed by atoms with van der Waals surface area (Å²) in [7, 11) is 0. The Morgan fingerprint density at radius 1 is 0.615 bits per heavy atom. The molecule has 3 rings (SSSR count). The Labute approximate surface area is 142 Å². The Kier molecular flexibility index (Phi) is 4.12. The van der Waals surface area contributed by atoms with Gasteiger partial charge in [-0.25, -0.2) is 9.97 Å². The zero-order valence-electron chi connectivity index (χ0n) is 12.7. The van der Waals surface area contributed by atoms with Crippen LogP contribution in [0.4, 0.5) is 30.7 Å². The molecule has 0 atom stereocenters. The molecule has 0 saturated carbocycles. The van der Waals surface area contributed by atoms with Gasteiger partial charge in [-0.05, 0) is 12.1 Å². The smallest absolute Gasteiger partial charge is 0.244 e. The highest BCUT2D eigenvalue weighted by Gasteiger charge is 2.74. The van der Waals surface area contributed by atoms with Gasteiger partial charge in [0.15, 0.2) is 0 Å². The second-order valence-electron chi connectivity index (χ2n) is 5.42. The SMILES string of the molecule is FC(F)(F)C(F)(F)C(F)(F)c1nc2ccccc2nc1-c1ccccc1. The topological polar surface area (TPSA) is 25.8 Å². The van der Waals surface area contributed by atoms with Crippen LogP contribution in [0, 0.1) is 0 Å². The third-order valence-corrected chi connectivity index (χ3v) is 3.67. The van der Waals surface area contributed by atoms with Crippen LogP contribution in [0.5, 0.6) is 0 Å². The molecule has 136 valence electrons. The molecule has 0 N–H and O–H groups in total. The Morgan fingerprint density at radius 2 is 1.12 bits per heavy atom. The maximum absolute atomic E-state index is 14.3. The van der Waals surface area contributed by atoms with Crippen molar-refractivity contribution in [3.05, 3.63) is 60.3 Å². The van der Waals surface area contributed by atoms with Crippen LogP contribution in [-0.4, -0.2) is 22.1 Å². The molecule has 0 saturated heterocycles. The van der Waals surface area contributed by atoms with Gasteiger partial charge < -0.3 is 0 Å². The molecule has 3 aromatic rings. The fourth-order valence-corrected chi connectivity index (χ4v) is 2.34. The molecule has 2 aromatic carbocycles. The zero-order valence-corrected chi connectivity index (χ0v) is 12.7. The molecule has 0 fully saturated rings. The minimum atomic E-state index is -6.46. The average Bonchev–Trinajstić information content (AvgIpc) is 2.60. The van der Waals surface area contributed by atoms with Gasteiger partial charge in [-0.15, -0.1) is 0 Å². The Hall–Kier alpha value is -2.71. The van der Waals surface area contributed by atoms with Crippen molar-refractivity contribution in [1.29, 1.82) is 0 Å². The van der Waals surface area contributed by atoms with Crippen molar-refractivity contribution in [3.63, 3.8) is 0 Å². The van der Waals surface area contributed by atoms with E-state index in [1.165, 1.54) is 54.6 Å². The van der Waals surface area contributed by atoms with Crippen LogP contribution in [0.2, 0.25) is 0 Å². The lowest BCUT2D eigenvalue weighted by molar-refractivity contribution is -0.360. The second kappa shape index (κ2) is 5.93. The van der Waals surface area contributed by atoms with Crippen molar-refractivity contribution < 1.29 is 30.7 Å². The molecule has 0 spiro atoms. The predicted molar refractivity (Wildman–Crippen MR) is 79.9 cm³/mol. The number of halogens is 7.